The van der Waals surface area contributed by atoms with Crippen LogP contribution in [0.1, 0.15) is 21.5 Å². The summed E-state index contributed by atoms with van der Waals surface area (Å²) < 4.78 is 38.1. The summed E-state index contributed by atoms with van der Waals surface area (Å²) in [5.41, 5.74) is 3.09. The molecule has 3 nitrogen and oxygen atoms in total. The number of benzene rings is 1. The molecule has 1 aromatic carbocycles. The van der Waals surface area contributed by atoms with E-state index < -0.39 is 29.0 Å². The largest absolute Gasteiger partial charge is 0.478 e. The molecule has 0 spiro atoms. The van der Waals surface area contributed by atoms with Gasteiger partial charge in [-0.3, -0.25) is 0 Å². The molecule has 0 bridgehead atoms. The molecule has 0 aliphatic carbocycles. The molecule has 1 aromatic rings. The van der Waals surface area contributed by atoms with Gasteiger partial charge in [-0.05, 0) is 41.1 Å². The summed E-state index contributed by atoms with van der Waals surface area (Å²) in [5.74, 6) is -1.64. The van der Waals surface area contributed by atoms with Gasteiger partial charge in [-0.25, -0.2) is 4.79 Å². The number of nitrogen functional groups attached to an aromatic ring is 1. The van der Waals surface area contributed by atoms with Crippen LogP contribution in [0, 0.1) is 10.5 Å². The minimum atomic E-state index is -4.77. The van der Waals surface area contributed by atoms with Crippen LogP contribution in [0.25, 0.3) is 0 Å². The van der Waals surface area contributed by atoms with Gasteiger partial charge in [0.2, 0.25) is 0 Å². The predicted octanol–water partition coefficient (Wildman–Crippen LogP) is 2.90. The fourth-order valence-corrected chi connectivity index (χ4v) is 1.72. The van der Waals surface area contributed by atoms with Crippen molar-refractivity contribution in [2.45, 2.75) is 13.1 Å². The molecule has 3 N–H and O–H groups in total. The number of carboxylic acid groups (broad SMARTS) is 1. The Morgan fingerprint density at radius 1 is 1.50 bits per heavy atom. The van der Waals surface area contributed by atoms with E-state index in [1.54, 1.807) is 22.6 Å². The number of anilines is 1. The highest BCUT2D eigenvalue weighted by Gasteiger charge is 2.38. The van der Waals surface area contributed by atoms with E-state index in [0.29, 0.717) is 5.56 Å². The number of aryl methyl sites for hydroxylation is 1. The third kappa shape index (κ3) is 2.23. The highest BCUT2D eigenvalue weighted by molar-refractivity contribution is 14.1. The Balaban J connectivity index is 3.68. The summed E-state index contributed by atoms with van der Waals surface area (Å²) in [4.78, 5) is 10.7. The van der Waals surface area contributed by atoms with Crippen LogP contribution >= 0.6 is 22.6 Å². The molecule has 0 aromatic heterocycles. The second kappa shape index (κ2) is 4.11. The van der Waals surface area contributed by atoms with E-state index in [2.05, 4.69) is 0 Å². The summed E-state index contributed by atoms with van der Waals surface area (Å²) in [5, 5.41) is 8.71. The molecule has 0 fully saturated rings. The molecule has 0 atom stereocenters. The van der Waals surface area contributed by atoms with E-state index in [1.807, 2.05) is 0 Å². The highest BCUT2D eigenvalue weighted by atomic mass is 127. The van der Waals surface area contributed by atoms with Crippen LogP contribution in [0.15, 0.2) is 6.07 Å². The van der Waals surface area contributed by atoms with Crippen LogP contribution < -0.4 is 5.73 Å². The van der Waals surface area contributed by atoms with Crippen molar-refractivity contribution in [3.05, 3.63) is 26.3 Å². The van der Waals surface area contributed by atoms with Crippen molar-refractivity contribution in [1.29, 1.82) is 0 Å². The zero-order valence-corrected chi connectivity index (χ0v) is 10.2. The first-order valence-electron chi connectivity index (χ1n) is 4.05. The van der Waals surface area contributed by atoms with E-state index in [-0.39, 0.29) is 3.57 Å². The molecule has 1 rings (SSSR count). The number of carbonyl (C=O) groups is 1. The first kappa shape index (κ1) is 13.1. The van der Waals surface area contributed by atoms with Crippen LogP contribution in [0.4, 0.5) is 18.9 Å². The Kier molecular flexibility index (Phi) is 3.36. The van der Waals surface area contributed by atoms with Crippen molar-refractivity contribution < 1.29 is 23.1 Å². The zero-order chi connectivity index (χ0) is 12.7. The number of rotatable bonds is 1. The van der Waals surface area contributed by atoms with Gasteiger partial charge in [0.05, 0.1) is 16.8 Å². The Morgan fingerprint density at radius 3 is 2.38 bits per heavy atom. The Labute approximate surface area is 103 Å². The zero-order valence-electron chi connectivity index (χ0n) is 8.02. The molecule has 0 aliphatic heterocycles. The predicted molar refractivity (Wildman–Crippen MR) is 60.3 cm³/mol. The summed E-state index contributed by atoms with van der Waals surface area (Å²) >= 11 is 1.66. The van der Waals surface area contributed by atoms with Gasteiger partial charge >= 0.3 is 12.1 Å². The number of hydrogen-bond acceptors (Lipinski definition) is 2. The Bertz CT molecular complexity index is 457. The average molecular weight is 345 g/mol. The molecule has 0 heterocycles. The molecule has 0 saturated heterocycles. The van der Waals surface area contributed by atoms with Crippen molar-refractivity contribution in [3.63, 3.8) is 0 Å². The number of hydrogen-bond donors (Lipinski definition) is 2. The first-order valence-corrected chi connectivity index (χ1v) is 5.13. The fraction of sp³-hybridized carbons (Fsp3) is 0.222. The van der Waals surface area contributed by atoms with Gasteiger partial charge < -0.3 is 10.8 Å². The molecular weight excluding hydrogens is 338 g/mol. The Morgan fingerprint density at radius 2 is 2.00 bits per heavy atom. The normalized spacial score (nSPS) is 11.6. The maximum Gasteiger partial charge on any atom is 0.419 e. The molecular formula is C9H7F3INO2. The molecule has 88 valence electrons. The maximum absolute atomic E-state index is 12.6. The summed E-state index contributed by atoms with van der Waals surface area (Å²) in [7, 11) is 0. The van der Waals surface area contributed by atoms with Crippen molar-refractivity contribution in [3.8, 4) is 0 Å². The van der Waals surface area contributed by atoms with Crippen molar-refractivity contribution in [2.75, 3.05) is 5.73 Å². The molecule has 0 radical (unpaired) electrons. The second-order valence-electron chi connectivity index (χ2n) is 3.15. The van der Waals surface area contributed by atoms with Gasteiger partial charge in [-0.15, -0.1) is 0 Å². The van der Waals surface area contributed by atoms with E-state index in [0.717, 1.165) is 6.07 Å². The minimum absolute atomic E-state index is 0.218. The van der Waals surface area contributed by atoms with Gasteiger partial charge in [-0.1, -0.05) is 0 Å². The lowest BCUT2D eigenvalue weighted by molar-refractivity contribution is -0.137. The van der Waals surface area contributed by atoms with E-state index in [4.69, 9.17) is 10.8 Å². The third-order valence-electron chi connectivity index (χ3n) is 2.00. The van der Waals surface area contributed by atoms with Crippen LogP contribution in [0.2, 0.25) is 0 Å². The molecule has 0 amide bonds. The van der Waals surface area contributed by atoms with E-state index >= 15 is 0 Å². The fourth-order valence-electron chi connectivity index (χ4n) is 1.29. The van der Waals surface area contributed by atoms with E-state index in [1.165, 1.54) is 6.92 Å². The molecule has 7 heteroatoms. The lowest BCUT2D eigenvalue weighted by atomic mass is 10.0. The SMILES string of the molecule is Cc1cc(C(=O)O)c(C(F)(F)F)c(N)c1I. The lowest BCUT2D eigenvalue weighted by Crippen LogP contribution is -2.17. The monoisotopic (exact) mass is 345 g/mol. The second-order valence-corrected chi connectivity index (χ2v) is 4.23. The van der Waals surface area contributed by atoms with Crippen molar-refractivity contribution in [2.24, 2.45) is 0 Å². The van der Waals surface area contributed by atoms with Gasteiger partial charge in [0.25, 0.3) is 0 Å². The van der Waals surface area contributed by atoms with Crippen LogP contribution in [-0.4, -0.2) is 11.1 Å². The Hall–Kier alpha value is -0.990. The van der Waals surface area contributed by atoms with Gasteiger partial charge in [0.1, 0.15) is 0 Å². The van der Waals surface area contributed by atoms with Crippen LogP contribution in [0.3, 0.4) is 0 Å². The van der Waals surface area contributed by atoms with Crippen LogP contribution in [0.5, 0.6) is 0 Å². The summed E-state index contributed by atoms with van der Waals surface area (Å²) in [6.45, 7) is 1.50. The standard InChI is InChI=1S/C9H7F3INO2/c1-3-2-4(8(15)16)5(9(10,11)12)7(14)6(3)13/h2H,14H2,1H3,(H,15,16). The average Bonchev–Trinajstić information content (AvgIpc) is 2.10. The maximum atomic E-state index is 12.6. The highest BCUT2D eigenvalue weighted by Crippen LogP contribution is 2.39. The van der Waals surface area contributed by atoms with E-state index in [9.17, 15) is 18.0 Å². The number of aromatic carboxylic acids is 1. The molecule has 0 unspecified atom stereocenters. The lowest BCUT2D eigenvalue weighted by Gasteiger charge is -2.15. The van der Waals surface area contributed by atoms with Crippen molar-refractivity contribution >= 4 is 34.2 Å². The smallest absolute Gasteiger partial charge is 0.419 e. The summed E-state index contributed by atoms with van der Waals surface area (Å²) in [6, 6.07) is 0.975. The van der Waals surface area contributed by atoms with Gasteiger partial charge in [-0.2, -0.15) is 13.2 Å². The third-order valence-corrected chi connectivity index (χ3v) is 3.43. The number of halogens is 4. The molecule has 0 aliphatic rings. The minimum Gasteiger partial charge on any atom is -0.478 e. The summed E-state index contributed by atoms with van der Waals surface area (Å²) in [6.07, 6.45) is -4.77. The van der Waals surface area contributed by atoms with Gasteiger partial charge in [0, 0.05) is 3.57 Å². The number of nitrogens with two attached hydrogens (primary N) is 1. The number of carboxylic acids is 1. The van der Waals surface area contributed by atoms with Crippen LogP contribution in [-0.2, 0) is 6.18 Å². The quantitative estimate of drug-likeness (QED) is 0.608. The number of alkyl halides is 3. The first-order chi connectivity index (χ1) is 7.16. The van der Waals surface area contributed by atoms with Gasteiger partial charge in [0.15, 0.2) is 0 Å². The molecule has 16 heavy (non-hydrogen) atoms. The molecule has 0 saturated carbocycles. The van der Waals surface area contributed by atoms with Crippen molar-refractivity contribution in [1.82, 2.24) is 0 Å². The topological polar surface area (TPSA) is 63.3 Å².